The minimum Gasteiger partial charge on any atom is -0.374 e. The second kappa shape index (κ2) is 6.24. The van der Waals surface area contributed by atoms with Gasteiger partial charge in [-0.05, 0) is 37.0 Å². The molecule has 18 heavy (non-hydrogen) atoms. The van der Waals surface area contributed by atoms with Gasteiger partial charge in [0.15, 0.2) is 6.29 Å². The summed E-state index contributed by atoms with van der Waals surface area (Å²) >= 11 is 6.02. The molecule has 2 nitrogen and oxygen atoms in total. The Morgan fingerprint density at radius 2 is 2.06 bits per heavy atom. The van der Waals surface area contributed by atoms with E-state index >= 15 is 0 Å². The predicted octanol–water partition coefficient (Wildman–Crippen LogP) is 4.17. The van der Waals surface area contributed by atoms with Crippen LogP contribution in [0.1, 0.15) is 42.5 Å². The van der Waals surface area contributed by atoms with Crippen LogP contribution in [0, 0.1) is 5.92 Å². The third-order valence-electron chi connectivity index (χ3n) is 3.79. The Kier molecular flexibility index (Phi) is 4.65. The lowest BCUT2D eigenvalue weighted by molar-refractivity contribution is 0.112. The van der Waals surface area contributed by atoms with Crippen LogP contribution in [0.4, 0.5) is 5.69 Å². The lowest BCUT2D eigenvalue weighted by atomic mass is 9.89. The highest BCUT2D eigenvalue weighted by atomic mass is 35.5. The number of nitrogens with zero attached hydrogens (tertiary/aromatic N) is 1. The van der Waals surface area contributed by atoms with Crippen molar-refractivity contribution in [2.75, 3.05) is 18.5 Å². The van der Waals surface area contributed by atoms with Gasteiger partial charge in [-0.3, -0.25) is 4.79 Å². The number of carbonyl (C=O) groups excluding carboxylic acids is 1. The SMILES string of the molecule is CN(CC1CCCCC1)c1cc(Cl)ccc1C=O. The second-order valence-corrected chi connectivity index (χ2v) is 5.64. The van der Waals surface area contributed by atoms with E-state index in [1.807, 2.05) is 13.1 Å². The molecule has 0 amide bonds. The van der Waals surface area contributed by atoms with Crippen LogP contribution in [-0.2, 0) is 0 Å². The summed E-state index contributed by atoms with van der Waals surface area (Å²) in [5.41, 5.74) is 1.67. The number of carbonyl (C=O) groups is 1. The predicted molar refractivity (Wildman–Crippen MR) is 76.7 cm³/mol. The normalized spacial score (nSPS) is 16.6. The first kappa shape index (κ1) is 13.4. The van der Waals surface area contributed by atoms with Crippen LogP contribution >= 0.6 is 11.6 Å². The monoisotopic (exact) mass is 265 g/mol. The van der Waals surface area contributed by atoms with Crippen LogP contribution in [0.25, 0.3) is 0 Å². The Bertz CT molecular complexity index is 413. The molecule has 1 aromatic carbocycles. The summed E-state index contributed by atoms with van der Waals surface area (Å²) < 4.78 is 0. The van der Waals surface area contributed by atoms with Crippen molar-refractivity contribution in [2.45, 2.75) is 32.1 Å². The average molecular weight is 266 g/mol. The van der Waals surface area contributed by atoms with Gasteiger partial charge in [0.25, 0.3) is 0 Å². The fourth-order valence-electron chi connectivity index (χ4n) is 2.80. The van der Waals surface area contributed by atoms with Gasteiger partial charge in [0.05, 0.1) is 0 Å². The highest BCUT2D eigenvalue weighted by molar-refractivity contribution is 6.31. The van der Waals surface area contributed by atoms with Gasteiger partial charge in [-0.25, -0.2) is 0 Å². The highest BCUT2D eigenvalue weighted by Gasteiger charge is 2.17. The molecule has 0 bridgehead atoms. The van der Waals surface area contributed by atoms with E-state index in [0.717, 1.165) is 30.0 Å². The van der Waals surface area contributed by atoms with Crippen molar-refractivity contribution < 1.29 is 4.79 Å². The van der Waals surface area contributed by atoms with Crippen LogP contribution in [-0.4, -0.2) is 19.9 Å². The number of benzene rings is 1. The largest absolute Gasteiger partial charge is 0.374 e. The maximum absolute atomic E-state index is 11.1. The molecule has 1 aromatic rings. The topological polar surface area (TPSA) is 20.3 Å². The van der Waals surface area contributed by atoms with Crippen molar-refractivity contribution in [2.24, 2.45) is 5.92 Å². The summed E-state index contributed by atoms with van der Waals surface area (Å²) in [5, 5.41) is 0.686. The van der Waals surface area contributed by atoms with E-state index in [0.29, 0.717) is 5.02 Å². The van der Waals surface area contributed by atoms with Crippen molar-refractivity contribution in [3.8, 4) is 0 Å². The van der Waals surface area contributed by atoms with Gasteiger partial charge in [0, 0.05) is 29.9 Å². The fourth-order valence-corrected chi connectivity index (χ4v) is 2.97. The van der Waals surface area contributed by atoms with Crippen molar-refractivity contribution >= 4 is 23.6 Å². The van der Waals surface area contributed by atoms with Crippen molar-refractivity contribution in [3.63, 3.8) is 0 Å². The zero-order valence-corrected chi connectivity index (χ0v) is 11.6. The lowest BCUT2D eigenvalue weighted by Crippen LogP contribution is -2.27. The molecule has 0 radical (unpaired) electrons. The molecule has 3 heteroatoms. The van der Waals surface area contributed by atoms with Crippen molar-refractivity contribution in [1.82, 2.24) is 0 Å². The molecule has 0 heterocycles. The molecule has 0 spiro atoms. The smallest absolute Gasteiger partial charge is 0.152 e. The molecule has 0 unspecified atom stereocenters. The third-order valence-corrected chi connectivity index (χ3v) is 4.02. The van der Waals surface area contributed by atoms with E-state index < -0.39 is 0 Å². The maximum atomic E-state index is 11.1. The van der Waals surface area contributed by atoms with E-state index in [1.54, 1.807) is 12.1 Å². The number of halogens is 1. The Balaban J connectivity index is 2.09. The van der Waals surface area contributed by atoms with E-state index in [4.69, 9.17) is 11.6 Å². The highest BCUT2D eigenvalue weighted by Crippen LogP contribution is 2.28. The molecule has 0 atom stereocenters. The molecule has 1 aliphatic rings. The summed E-state index contributed by atoms with van der Waals surface area (Å²) in [7, 11) is 2.05. The van der Waals surface area contributed by atoms with Crippen molar-refractivity contribution in [3.05, 3.63) is 28.8 Å². The van der Waals surface area contributed by atoms with E-state index in [-0.39, 0.29) is 0 Å². The number of anilines is 1. The summed E-state index contributed by atoms with van der Waals surface area (Å²) in [4.78, 5) is 13.2. The average Bonchev–Trinajstić information content (AvgIpc) is 2.40. The van der Waals surface area contributed by atoms with E-state index in [1.165, 1.54) is 32.1 Å². The third kappa shape index (κ3) is 3.26. The minimum atomic E-state index is 0.686. The molecule has 0 saturated heterocycles. The van der Waals surface area contributed by atoms with Crippen LogP contribution in [0.2, 0.25) is 5.02 Å². The van der Waals surface area contributed by atoms with Gasteiger partial charge in [-0.2, -0.15) is 0 Å². The second-order valence-electron chi connectivity index (χ2n) is 5.21. The molecular formula is C15H20ClNO. The quantitative estimate of drug-likeness (QED) is 0.762. The van der Waals surface area contributed by atoms with Gasteiger partial charge in [-0.1, -0.05) is 30.9 Å². The first-order valence-electron chi connectivity index (χ1n) is 6.66. The fraction of sp³-hybridized carbons (Fsp3) is 0.533. The molecule has 98 valence electrons. The van der Waals surface area contributed by atoms with Crippen molar-refractivity contribution in [1.29, 1.82) is 0 Å². The van der Waals surface area contributed by atoms with Gasteiger partial charge < -0.3 is 4.90 Å². The first-order chi connectivity index (χ1) is 8.70. The lowest BCUT2D eigenvalue weighted by Gasteiger charge is -2.29. The number of rotatable bonds is 4. The van der Waals surface area contributed by atoms with Crippen LogP contribution in [0.5, 0.6) is 0 Å². The zero-order valence-electron chi connectivity index (χ0n) is 10.9. The molecule has 0 aromatic heterocycles. The number of aldehydes is 1. The summed E-state index contributed by atoms with van der Waals surface area (Å²) in [6.07, 6.45) is 7.58. The van der Waals surface area contributed by atoms with E-state index in [2.05, 4.69) is 4.90 Å². The standard InChI is InChI=1S/C15H20ClNO/c1-17(10-12-5-3-2-4-6-12)15-9-14(16)8-7-13(15)11-18/h7-9,11-12H,2-6,10H2,1H3. The summed E-state index contributed by atoms with van der Waals surface area (Å²) in [5.74, 6) is 0.752. The molecule has 0 N–H and O–H groups in total. The number of hydrogen-bond donors (Lipinski definition) is 0. The van der Waals surface area contributed by atoms with E-state index in [9.17, 15) is 4.79 Å². The number of hydrogen-bond acceptors (Lipinski definition) is 2. The zero-order chi connectivity index (χ0) is 13.0. The Morgan fingerprint density at radius 1 is 1.33 bits per heavy atom. The molecule has 1 aliphatic carbocycles. The molecule has 0 aliphatic heterocycles. The van der Waals surface area contributed by atoms with Gasteiger partial charge in [-0.15, -0.1) is 0 Å². The van der Waals surface area contributed by atoms with Gasteiger partial charge in [0.2, 0.25) is 0 Å². The van der Waals surface area contributed by atoms with Crippen LogP contribution in [0.15, 0.2) is 18.2 Å². The molecular weight excluding hydrogens is 246 g/mol. The summed E-state index contributed by atoms with van der Waals surface area (Å²) in [6.45, 7) is 1.02. The Labute approximate surface area is 114 Å². The van der Waals surface area contributed by atoms with Gasteiger partial charge in [0.1, 0.15) is 0 Å². The summed E-state index contributed by atoms with van der Waals surface area (Å²) in [6, 6.07) is 5.44. The first-order valence-corrected chi connectivity index (χ1v) is 7.04. The Hall–Kier alpha value is -1.02. The molecule has 1 fully saturated rings. The van der Waals surface area contributed by atoms with Gasteiger partial charge >= 0.3 is 0 Å². The minimum absolute atomic E-state index is 0.686. The molecule has 2 rings (SSSR count). The van der Waals surface area contributed by atoms with Crippen LogP contribution < -0.4 is 4.90 Å². The van der Waals surface area contributed by atoms with Crippen LogP contribution in [0.3, 0.4) is 0 Å². The Morgan fingerprint density at radius 3 is 2.72 bits per heavy atom. The molecule has 1 saturated carbocycles. The maximum Gasteiger partial charge on any atom is 0.152 e.